The van der Waals surface area contributed by atoms with E-state index in [4.69, 9.17) is 9.47 Å². The number of nitrogens with zero attached hydrogens (tertiary/aromatic N) is 1. The van der Waals surface area contributed by atoms with Gasteiger partial charge in [0.05, 0.1) is 30.9 Å². The Hall–Kier alpha value is -3.93. The molecule has 2 unspecified atom stereocenters. The second-order valence-electron chi connectivity index (χ2n) is 12.9. The molecule has 5 nitrogen and oxygen atoms in total. The third kappa shape index (κ3) is 3.73. The minimum absolute atomic E-state index is 0.0121. The Morgan fingerprint density at radius 1 is 0.810 bits per heavy atom. The van der Waals surface area contributed by atoms with Crippen LogP contribution in [0.2, 0.25) is 0 Å². The number of carbonyl (C=O) groups is 1. The molecule has 2 bridgehead atoms. The molecule has 4 aromatic rings. The summed E-state index contributed by atoms with van der Waals surface area (Å²) < 4.78 is 12.0. The molecule has 2 aliphatic carbocycles. The van der Waals surface area contributed by atoms with E-state index in [2.05, 4.69) is 92.7 Å². The summed E-state index contributed by atoms with van der Waals surface area (Å²) in [7, 11) is 0. The molecule has 1 N–H and O–H groups in total. The Morgan fingerprint density at radius 2 is 1.38 bits per heavy atom. The zero-order valence-corrected chi connectivity index (χ0v) is 24.0. The SMILES string of the molecule is CC1(C)c2ccccc2-c2ccc(C3(O)CC4COCC(C3)N4C(=O)OCC3c4ccccc4-c4ccccc43)cc21. The first kappa shape index (κ1) is 25.8. The van der Waals surface area contributed by atoms with E-state index >= 15 is 0 Å². The fourth-order valence-corrected chi connectivity index (χ4v) is 8.17. The van der Waals surface area contributed by atoms with Crippen LogP contribution in [0.1, 0.15) is 60.4 Å². The summed E-state index contributed by atoms with van der Waals surface area (Å²) in [6.07, 6.45) is 0.516. The molecule has 0 spiro atoms. The zero-order chi connectivity index (χ0) is 28.6. The van der Waals surface area contributed by atoms with Crippen molar-refractivity contribution in [1.82, 2.24) is 4.90 Å². The van der Waals surface area contributed by atoms with Crippen molar-refractivity contribution in [2.45, 2.75) is 55.7 Å². The first-order valence-corrected chi connectivity index (χ1v) is 15.0. The second kappa shape index (κ2) is 9.29. The van der Waals surface area contributed by atoms with Gasteiger partial charge in [-0.1, -0.05) is 105 Å². The zero-order valence-electron chi connectivity index (χ0n) is 24.0. The Labute approximate surface area is 246 Å². The van der Waals surface area contributed by atoms with Crippen molar-refractivity contribution in [2.24, 2.45) is 0 Å². The van der Waals surface area contributed by atoms with Gasteiger partial charge in [-0.25, -0.2) is 4.79 Å². The lowest BCUT2D eigenvalue weighted by Gasteiger charge is -2.51. The molecule has 2 atom stereocenters. The van der Waals surface area contributed by atoms with Crippen LogP contribution < -0.4 is 0 Å². The van der Waals surface area contributed by atoms with Gasteiger partial charge in [-0.3, -0.25) is 4.90 Å². The molecule has 5 heteroatoms. The Bertz CT molecular complexity index is 1670. The molecule has 212 valence electrons. The molecular formula is C37H35NO4. The van der Waals surface area contributed by atoms with Gasteiger partial charge in [-0.05, 0) is 50.1 Å². The molecule has 0 saturated carbocycles. The van der Waals surface area contributed by atoms with Crippen molar-refractivity contribution in [3.05, 3.63) is 119 Å². The Morgan fingerprint density at radius 3 is 2.05 bits per heavy atom. The highest BCUT2D eigenvalue weighted by molar-refractivity contribution is 5.81. The molecule has 2 aliphatic heterocycles. The number of fused-ring (bicyclic) bond motifs is 8. The number of ether oxygens (including phenoxy) is 2. The molecule has 2 saturated heterocycles. The standard InChI is InChI=1S/C37H35NO4/c1-36(2)33-14-8-7-13-30(33)31-16-15-23(17-34(31)36)37(40)18-24-20-41-21-25(19-37)38(24)35(39)42-22-32-28-11-5-3-9-26(28)27-10-4-6-12-29(27)32/h3-17,24-25,32,40H,18-22H2,1-2H3. The normalized spacial score (nSPS) is 24.9. The number of amides is 1. The highest BCUT2D eigenvalue weighted by atomic mass is 16.6. The summed E-state index contributed by atoms with van der Waals surface area (Å²) in [5.74, 6) is 0.0121. The van der Waals surface area contributed by atoms with Crippen LogP contribution in [-0.2, 0) is 20.5 Å². The smallest absolute Gasteiger partial charge is 0.410 e. The van der Waals surface area contributed by atoms with Gasteiger partial charge >= 0.3 is 6.09 Å². The maximum atomic E-state index is 13.7. The van der Waals surface area contributed by atoms with Crippen LogP contribution >= 0.6 is 0 Å². The lowest BCUT2D eigenvalue weighted by molar-refractivity contribution is -0.136. The number of benzene rings is 4. The van der Waals surface area contributed by atoms with Gasteiger partial charge in [0.15, 0.2) is 0 Å². The first-order valence-electron chi connectivity index (χ1n) is 15.0. The van der Waals surface area contributed by atoms with Crippen LogP contribution in [0.4, 0.5) is 4.79 Å². The quantitative estimate of drug-likeness (QED) is 0.295. The third-order valence-electron chi connectivity index (χ3n) is 10.2. The van der Waals surface area contributed by atoms with E-state index in [9.17, 15) is 9.90 Å². The van der Waals surface area contributed by atoms with Crippen molar-refractivity contribution in [1.29, 1.82) is 0 Å². The summed E-state index contributed by atoms with van der Waals surface area (Å²) in [6, 6.07) is 31.3. The predicted molar refractivity (Wildman–Crippen MR) is 162 cm³/mol. The number of rotatable bonds is 3. The Kier molecular flexibility index (Phi) is 5.69. The van der Waals surface area contributed by atoms with Gasteiger partial charge in [-0.2, -0.15) is 0 Å². The maximum absolute atomic E-state index is 13.7. The number of carbonyl (C=O) groups excluding carboxylic acids is 1. The van der Waals surface area contributed by atoms with Gasteiger partial charge in [0.25, 0.3) is 0 Å². The molecule has 4 aromatic carbocycles. The summed E-state index contributed by atoms with van der Waals surface area (Å²) in [4.78, 5) is 15.5. The van der Waals surface area contributed by atoms with Crippen molar-refractivity contribution in [2.75, 3.05) is 19.8 Å². The van der Waals surface area contributed by atoms with E-state index in [1.54, 1.807) is 0 Å². The minimum atomic E-state index is -1.04. The van der Waals surface area contributed by atoms with Gasteiger partial charge in [-0.15, -0.1) is 0 Å². The highest BCUT2D eigenvalue weighted by Crippen LogP contribution is 2.51. The van der Waals surface area contributed by atoms with E-state index in [0.29, 0.717) is 26.1 Å². The molecule has 8 rings (SSSR count). The van der Waals surface area contributed by atoms with Gasteiger partial charge in [0.1, 0.15) is 6.61 Å². The van der Waals surface area contributed by atoms with E-state index in [-0.39, 0.29) is 36.1 Å². The predicted octanol–water partition coefficient (Wildman–Crippen LogP) is 6.99. The van der Waals surface area contributed by atoms with E-state index in [1.165, 1.54) is 44.5 Å². The first-order chi connectivity index (χ1) is 20.3. The molecule has 1 amide bonds. The summed E-state index contributed by atoms with van der Waals surface area (Å²) in [6.45, 7) is 5.59. The molecule has 0 radical (unpaired) electrons. The van der Waals surface area contributed by atoms with Gasteiger partial charge in [0.2, 0.25) is 0 Å². The lowest BCUT2D eigenvalue weighted by atomic mass is 9.75. The average Bonchev–Trinajstić information content (AvgIpc) is 3.44. The maximum Gasteiger partial charge on any atom is 0.410 e. The lowest BCUT2D eigenvalue weighted by Crippen LogP contribution is -2.62. The van der Waals surface area contributed by atoms with Crippen LogP contribution in [0.25, 0.3) is 22.3 Å². The number of morpholine rings is 1. The highest BCUT2D eigenvalue weighted by Gasteiger charge is 2.50. The average molecular weight is 558 g/mol. The van der Waals surface area contributed by atoms with Crippen molar-refractivity contribution in [3.63, 3.8) is 0 Å². The van der Waals surface area contributed by atoms with Crippen LogP contribution in [0.3, 0.4) is 0 Å². The Balaban J connectivity index is 1.03. The minimum Gasteiger partial charge on any atom is -0.448 e. The fourth-order valence-electron chi connectivity index (χ4n) is 8.17. The van der Waals surface area contributed by atoms with Crippen LogP contribution in [-0.4, -0.2) is 48.0 Å². The van der Waals surface area contributed by atoms with E-state index in [1.807, 2.05) is 17.0 Å². The summed E-state index contributed by atoms with van der Waals surface area (Å²) in [5.41, 5.74) is 9.63. The molecule has 0 aromatic heterocycles. The summed E-state index contributed by atoms with van der Waals surface area (Å²) in [5, 5.41) is 12.2. The number of hydrogen-bond acceptors (Lipinski definition) is 4. The van der Waals surface area contributed by atoms with Crippen LogP contribution in [0, 0.1) is 0 Å². The van der Waals surface area contributed by atoms with Crippen molar-refractivity contribution < 1.29 is 19.4 Å². The molecular weight excluding hydrogens is 522 g/mol. The number of piperidine rings is 1. The topological polar surface area (TPSA) is 59.0 Å². The largest absolute Gasteiger partial charge is 0.448 e. The number of hydrogen-bond donors (Lipinski definition) is 1. The van der Waals surface area contributed by atoms with Crippen molar-refractivity contribution in [3.8, 4) is 22.3 Å². The number of aliphatic hydroxyl groups is 1. The van der Waals surface area contributed by atoms with Crippen LogP contribution in [0.15, 0.2) is 91.0 Å². The van der Waals surface area contributed by atoms with Gasteiger partial charge < -0.3 is 14.6 Å². The second-order valence-corrected chi connectivity index (χ2v) is 12.9. The molecule has 2 heterocycles. The summed E-state index contributed by atoms with van der Waals surface area (Å²) >= 11 is 0. The van der Waals surface area contributed by atoms with E-state index in [0.717, 1.165) is 5.56 Å². The molecule has 4 aliphatic rings. The fraction of sp³-hybridized carbons (Fsp3) is 0.324. The molecule has 42 heavy (non-hydrogen) atoms. The molecule has 2 fully saturated rings. The van der Waals surface area contributed by atoms with Gasteiger partial charge in [0, 0.05) is 24.2 Å². The van der Waals surface area contributed by atoms with E-state index < -0.39 is 5.60 Å². The third-order valence-corrected chi connectivity index (χ3v) is 10.2. The van der Waals surface area contributed by atoms with Crippen molar-refractivity contribution >= 4 is 6.09 Å². The van der Waals surface area contributed by atoms with Crippen LogP contribution in [0.5, 0.6) is 0 Å². The monoisotopic (exact) mass is 557 g/mol.